The van der Waals surface area contributed by atoms with Crippen LogP contribution in [0.25, 0.3) is 0 Å². The van der Waals surface area contributed by atoms with Gasteiger partial charge in [0.05, 0.1) is 6.04 Å². The molecule has 0 aliphatic heterocycles. The molecule has 3 amide bonds. The molecular formula is C19H17ClN4O2S. The van der Waals surface area contributed by atoms with Gasteiger partial charge in [0.1, 0.15) is 5.69 Å². The van der Waals surface area contributed by atoms with Gasteiger partial charge in [-0.15, -0.1) is 11.3 Å². The van der Waals surface area contributed by atoms with E-state index in [1.54, 1.807) is 29.6 Å². The van der Waals surface area contributed by atoms with Crippen LogP contribution in [-0.4, -0.2) is 16.9 Å². The fourth-order valence-corrected chi connectivity index (χ4v) is 3.14. The van der Waals surface area contributed by atoms with Crippen LogP contribution in [0.1, 0.15) is 29.0 Å². The molecule has 2 aromatic carbocycles. The molecule has 1 aromatic heterocycles. The molecule has 27 heavy (non-hydrogen) atoms. The molecule has 3 aromatic rings. The first-order valence-electron chi connectivity index (χ1n) is 8.16. The van der Waals surface area contributed by atoms with E-state index in [-0.39, 0.29) is 17.6 Å². The Morgan fingerprint density at radius 3 is 2.44 bits per heavy atom. The number of carbonyl (C=O) groups is 2. The smallest absolute Gasteiger partial charge is 0.325 e. The molecular weight excluding hydrogens is 384 g/mol. The summed E-state index contributed by atoms with van der Waals surface area (Å²) in [5.41, 5.74) is 1.86. The monoisotopic (exact) mass is 400 g/mol. The quantitative estimate of drug-likeness (QED) is 0.567. The van der Waals surface area contributed by atoms with Crippen molar-refractivity contribution in [2.75, 3.05) is 10.6 Å². The normalized spacial score (nSPS) is 11.5. The Morgan fingerprint density at radius 1 is 1.04 bits per heavy atom. The Morgan fingerprint density at radius 2 is 1.74 bits per heavy atom. The lowest BCUT2D eigenvalue weighted by molar-refractivity contribution is 0.0935. The summed E-state index contributed by atoms with van der Waals surface area (Å²) in [4.78, 5) is 28.5. The molecule has 1 unspecified atom stereocenters. The summed E-state index contributed by atoms with van der Waals surface area (Å²) in [5, 5.41) is 10.7. The minimum atomic E-state index is -0.448. The van der Waals surface area contributed by atoms with Gasteiger partial charge < -0.3 is 10.6 Å². The fourth-order valence-electron chi connectivity index (χ4n) is 2.32. The number of benzene rings is 2. The van der Waals surface area contributed by atoms with Gasteiger partial charge in [-0.05, 0) is 36.8 Å². The van der Waals surface area contributed by atoms with E-state index < -0.39 is 6.03 Å². The highest BCUT2D eigenvalue weighted by molar-refractivity contribution is 7.14. The Labute approximate surface area is 165 Å². The number of halogens is 1. The molecule has 0 spiro atoms. The van der Waals surface area contributed by atoms with Crippen molar-refractivity contribution >= 4 is 45.7 Å². The molecule has 0 aliphatic carbocycles. The second kappa shape index (κ2) is 8.66. The van der Waals surface area contributed by atoms with E-state index in [1.807, 2.05) is 37.3 Å². The van der Waals surface area contributed by atoms with Crippen LogP contribution < -0.4 is 16.0 Å². The summed E-state index contributed by atoms with van der Waals surface area (Å²) >= 11 is 6.99. The van der Waals surface area contributed by atoms with E-state index in [0.29, 0.717) is 15.8 Å². The highest BCUT2D eigenvalue weighted by Crippen LogP contribution is 2.18. The number of urea groups is 1. The van der Waals surface area contributed by atoms with Crippen LogP contribution in [0.3, 0.4) is 0 Å². The molecule has 0 saturated heterocycles. The second-order valence-electron chi connectivity index (χ2n) is 5.73. The number of anilines is 2. The van der Waals surface area contributed by atoms with Crippen LogP contribution in [0, 0.1) is 0 Å². The summed E-state index contributed by atoms with van der Waals surface area (Å²) in [7, 11) is 0. The molecule has 0 fully saturated rings. The van der Waals surface area contributed by atoms with Gasteiger partial charge in [-0.3, -0.25) is 10.1 Å². The average molecular weight is 401 g/mol. The van der Waals surface area contributed by atoms with E-state index in [9.17, 15) is 9.59 Å². The Hall–Kier alpha value is -2.90. The third kappa shape index (κ3) is 5.29. The van der Waals surface area contributed by atoms with E-state index in [0.717, 1.165) is 5.56 Å². The van der Waals surface area contributed by atoms with Gasteiger partial charge >= 0.3 is 6.03 Å². The standard InChI is InChI=1S/C19H17ClN4O2S/c1-12(13-5-3-2-4-6-13)21-17(25)16-11-27-19(23-16)24-18(26)22-15-9-7-14(20)8-10-15/h2-12H,1H3,(H,21,25)(H2,22,23,24,26). The van der Waals surface area contributed by atoms with Crippen molar-refractivity contribution in [3.63, 3.8) is 0 Å². The van der Waals surface area contributed by atoms with Crippen molar-refractivity contribution in [2.24, 2.45) is 0 Å². The lowest BCUT2D eigenvalue weighted by Crippen LogP contribution is -2.27. The SMILES string of the molecule is CC(NC(=O)c1csc(NC(=O)Nc2ccc(Cl)cc2)n1)c1ccccc1. The first kappa shape index (κ1) is 18.9. The molecule has 0 aliphatic rings. The van der Waals surface area contributed by atoms with E-state index in [2.05, 4.69) is 20.9 Å². The first-order chi connectivity index (χ1) is 13.0. The lowest BCUT2D eigenvalue weighted by atomic mass is 10.1. The van der Waals surface area contributed by atoms with Crippen LogP contribution >= 0.6 is 22.9 Å². The summed E-state index contributed by atoms with van der Waals surface area (Å²) in [6, 6.07) is 15.8. The molecule has 0 bridgehead atoms. The Kier molecular flexibility index (Phi) is 6.05. The lowest BCUT2D eigenvalue weighted by Gasteiger charge is -2.13. The number of thiazole rings is 1. The molecule has 138 valence electrons. The highest BCUT2D eigenvalue weighted by atomic mass is 35.5. The van der Waals surface area contributed by atoms with Crippen LogP contribution in [-0.2, 0) is 0 Å². The topological polar surface area (TPSA) is 83.1 Å². The largest absolute Gasteiger partial charge is 0.344 e. The zero-order valence-electron chi connectivity index (χ0n) is 14.4. The van der Waals surface area contributed by atoms with E-state index in [1.165, 1.54) is 11.3 Å². The molecule has 0 radical (unpaired) electrons. The van der Waals surface area contributed by atoms with E-state index in [4.69, 9.17) is 11.6 Å². The molecule has 0 saturated carbocycles. The van der Waals surface area contributed by atoms with E-state index >= 15 is 0 Å². The second-order valence-corrected chi connectivity index (χ2v) is 7.02. The zero-order valence-corrected chi connectivity index (χ0v) is 16.0. The van der Waals surface area contributed by atoms with Crippen LogP contribution in [0.15, 0.2) is 60.0 Å². The fraction of sp³-hybridized carbons (Fsp3) is 0.105. The number of rotatable bonds is 5. The average Bonchev–Trinajstić information content (AvgIpc) is 3.13. The Balaban J connectivity index is 1.56. The number of hydrogen-bond donors (Lipinski definition) is 3. The molecule has 1 heterocycles. The van der Waals surface area contributed by atoms with Crippen LogP contribution in [0.2, 0.25) is 5.02 Å². The first-order valence-corrected chi connectivity index (χ1v) is 9.42. The third-order valence-electron chi connectivity index (χ3n) is 3.71. The predicted octanol–water partition coefficient (Wildman–Crippen LogP) is 4.93. The highest BCUT2D eigenvalue weighted by Gasteiger charge is 2.15. The molecule has 3 N–H and O–H groups in total. The van der Waals surface area contributed by atoms with Gasteiger partial charge in [-0.25, -0.2) is 9.78 Å². The van der Waals surface area contributed by atoms with Crippen molar-refractivity contribution in [3.05, 3.63) is 76.3 Å². The van der Waals surface area contributed by atoms with Crippen molar-refractivity contribution in [3.8, 4) is 0 Å². The van der Waals surface area contributed by atoms with Crippen molar-refractivity contribution < 1.29 is 9.59 Å². The van der Waals surface area contributed by atoms with Gasteiger partial charge in [0.25, 0.3) is 5.91 Å². The number of nitrogens with zero attached hydrogens (tertiary/aromatic N) is 1. The molecule has 8 heteroatoms. The maximum absolute atomic E-state index is 12.3. The number of carbonyl (C=O) groups excluding carboxylic acids is 2. The maximum atomic E-state index is 12.3. The number of nitrogens with one attached hydrogen (secondary N) is 3. The molecule has 6 nitrogen and oxygen atoms in total. The number of aromatic nitrogens is 1. The van der Waals surface area contributed by atoms with Gasteiger partial charge in [-0.2, -0.15) is 0 Å². The number of amides is 3. The summed E-state index contributed by atoms with van der Waals surface area (Å²) in [5.74, 6) is -0.297. The summed E-state index contributed by atoms with van der Waals surface area (Å²) in [6.45, 7) is 1.90. The minimum absolute atomic E-state index is 0.148. The van der Waals surface area contributed by atoms with Gasteiger partial charge in [0.2, 0.25) is 0 Å². The predicted molar refractivity (Wildman–Crippen MR) is 109 cm³/mol. The van der Waals surface area contributed by atoms with Gasteiger partial charge in [0.15, 0.2) is 5.13 Å². The van der Waals surface area contributed by atoms with Crippen LogP contribution in [0.4, 0.5) is 15.6 Å². The summed E-state index contributed by atoms with van der Waals surface area (Å²) in [6.07, 6.45) is 0. The maximum Gasteiger partial charge on any atom is 0.325 e. The molecule has 1 atom stereocenters. The van der Waals surface area contributed by atoms with Crippen molar-refractivity contribution in [1.82, 2.24) is 10.3 Å². The summed E-state index contributed by atoms with van der Waals surface area (Å²) < 4.78 is 0. The van der Waals surface area contributed by atoms with Gasteiger partial charge in [0, 0.05) is 16.1 Å². The third-order valence-corrected chi connectivity index (χ3v) is 4.72. The number of hydrogen-bond acceptors (Lipinski definition) is 4. The minimum Gasteiger partial charge on any atom is -0.344 e. The molecule has 3 rings (SSSR count). The van der Waals surface area contributed by atoms with Gasteiger partial charge in [-0.1, -0.05) is 41.9 Å². The van der Waals surface area contributed by atoms with Crippen molar-refractivity contribution in [1.29, 1.82) is 0 Å². The Bertz CT molecular complexity index is 928. The van der Waals surface area contributed by atoms with Crippen molar-refractivity contribution in [2.45, 2.75) is 13.0 Å². The zero-order chi connectivity index (χ0) is 19.2. The van der Waals surface area contributed by atoms with Crippen LogP contribution in [0.5, 0.6) is 0 Å².